The fourth-order valence-electron chi connectivity index (χ4n) is 1.73. The molecule has 0 unspecified atom stereocenters. The topological polar surface area (TPSA) is 99.2 Å². The SMILES string of the molecule is COC(=O)c1ccc(F)c(NC(=O)c2nn(C)cc2N)c1. The second-order valence-electron chi connectivity index (χ2n) is 4.25. The predicted molar refractivity (Wildman–Crippen MR) is 73.3 cm³/mol. The minimum atomic E-state index is -0.689. The number of hydrogen-bond donors (Lipinski definition) is 2. The monoisotopic (exact) mass is 292 g/mol. The number of nitrogen functional groups attached to an aromatic ring is 1. The van der Waals surface area contributed by atoms with Gasteiger partial charge in [-0.15, -0.1) is 0 Å². The molecule has 0 aliphatic rings. The smallest absolute Gasteiger partial charge is 0.337 e. The van der Waals surface area contributed by atoms with Crippen LogP contribution in [0.4, 0.5) is 15.8 Å². The molecule has 0 fully saturated rings. The zero-order valence-electron chi connectivity index (χ0n) is 11.4. The number of aryl methyl sites for hydroxylation is 1. The maximum atomic E-state index is 13.7. The third kappa shape index (κ3) is 2.99. The Bertz CT molecular complexity index is 711. The van der Waals surface area contributed by atoms with Crippen molar-refractivity contribution >= 4 is 23.3 Å². The highest BCUT2D eigenvalue weighted by Gasteiger charge is 2.17. The van der Waals surface area contributed by atoms with E-state index in [0.717, 1.165) is 6.07 Å². The molecule has 1 amide bonds. The van der Waals surface area contributed by atoms with Gasteiger partial charge in [0, 0.05) is 13.2 Å². The summed E-state index contributed by atoms with van der Waals surface area (Å²) < 4.78 is 19.6. The number of amides is 1. The minimum absolute atomic E-state index is 0.0274. The Morgan fingerprint density at radius 2 is 2.14 bits per heavy atom. The van der Waals surface area contributed by atoms with E-state index in [1.54, 1.807) is 7.05 Å². The van der Waals surface area contributed by atoms with Crippen LogP contribution in [0.3, 0.4) is 0 Å². The standard InChI is InChI=1S/C13H13FN4O3/c1-18-6-9(15)11(17-18)12(19)16-10-5-7(13(20)21-2)3-4-8(10)14/h3-6H,15H2,1-2H3,(H,16,19). The molecule has 0 spiro atoms. The Balaban J connectivity index is 2.28. The van der Waals surface area contributed by atoms with Gasteiger partial charge in [-0.2, -0.15) is 5.10 Å². The van der Waals surface area contributed by atoms with Gasteiger partial charge in [-0.1, -0.05) is 0 Å². The minimum Gasteiger partial charge on any atom is -0.465 e. The van der Waals surface area contributed by atoms with Gasteiger partial charge < -0.3 is 15.8 Å². The number of nitrogens with one attached hydrogen (secondary N) is 1. The first-order chi connectivity index (χ1) is 9.92. The number of nitrogens with zero attached hydrogens (tertiary/aromatic N) is 2. The van der Waals surface area contributed by atoms with E-state index in [4.69, 9.17) is 5.73 Å². The van der Waals surface area contributed by atoms with Crippen LogP contribution in [0.25, 0.3) is 0 Å². The molecule has 110 valence electrons. The molecule has 0 saturated heterocycles. The first kappa shape index (κ1) is 14.5. The quantitative estimate of drug-likeness (QED) is 0.828. The van der Waals surface area contributed by atoms with E-state index in [1.807, 2.05) is 0 Å². The number of anilines is 2. The molecule has 1 aromatic heterocycles. The average molecular weight is 292 g/mol. The van der Waals surface area contributed by atoms with Gasteiger partial charge in [0.25, 0.3) is 5.91 Å². The molecule has 1 heterocycles. The van der Waals surface area contributed by atoms with Gasteiger partial charge in [0.2, 0.25) is 0 Å². The molecule has 7 nitrogen and oxygen atoms in total. The highest BCUT2D eigenvalue weighted by atomic mass is 19.1. The van der Waals surface area contributed by atoms with Crippen molar-refractivity contribution in [1.82, 2.24) is 9.78 Å². The van der Waals surface area contributed by atoms with E-state index in [2.05, 4.69) is 15.2 Å². The molecule has 3 N–H and O–H groups in total. The molecule has 1 aromatic carbocycles. The molecular formula is C13H13FN4O3. The molecule has 0 saturated carbocycles. The lowest BCUT2D eigenvalue weighted by Crippen LogP contribution is -2.16. The number of hydrogen-bond acceptors (Lipinski definition) is 5. The van der Waals surface area contributed by atoms with E-state index in [-0.39, 0.29) is 22.6 Å². The number of benzene rings is 1. The number of aromatic nitrogens is 2. The molecular weight excluding hydrogens is 279 g/mol. The van der Waals surface area contributed by atoms with E-state index < -0.39 is 17.7 Å². The largest absolute Gasteiger partial charge is 0.465 e. The van der Waals surface area contributed by atoms with Crippen molar-refractivity contribution < 1.29 is 18.7 Å². The molecule has 0 aliphatic carbocycles. The fourth-order valence-corrected chi connectivity index (χ4v) is 1.73. The van der Waals surface area contributed by atoms with Gasteiger partial charge >= 0.3 is 5.97 Å². The van der Waals surface area contributed by atoms with Crippen molar-refractivity contribution in [2.75, 3.05) is 18.2 Å². The Labute approximate surface area is 119 Å². The van der Waals surface area contributed by atoms with E-state index in [0.29, 0.717) is 0 Å². The van der Waals surface area contributed by atoms with Crippen LogP contribution >= 0.6 is 0 Å². The molecule has 0 radical (unpaired) electrons. The van der Waals surface area contributed by atoms with Crippen molar-refractivity contribution in [3.8, 4) is 0 Å². The summed E-state index contributed by atoms with van der Waals surface area (Å²) in [6.07, 6.45) is 1.45. The van der Waals surface area contributed by atoms with Gasteiger partial charge in [-0.05, 0) is 18.2 Å². The van der Waals surface area contributed by atoms with Crippen molar-refractivity contribution in [3.63, 3.8) is 0 Å². The van der Waals surface area contributed by atoms with Crippen LogP contribution in [-0.4, -0.2) is 28.8 Å². The van der Waals surface area contributed by atoms with Gasteiger partial charge in [0.1, 0.15) is 5.82 Å². The van der Waals surface area contributed by atoms with Gasteiger partial charge in [-0.3, -0.25) is 9.48 Å². The number of rotatable bonds is 3. The second kappa shape index (κ2) is 5.61. The van der Waals surface area contributed by atoms with Gasteiger partial charge in [0.15, 0.2) is 5.69 Å². The summed E-state index contributed by atoms with van der Waals surface area (Å²) in [7, 11) is 2.81. The summed E-state index contributed by atoms with van der Waals surface area (Å²) in [5.41, 5.74) is 5.72. The normalized spacial score (nSPS) is 10.2. The molecule has 2 aromatic rings. The number of ether oxygens (including phenoxy) is 1. The van der Waals surface area contributed by atoms with Crippen LogP contribution in [0.2, 0.25) is 0 Å². The maximum absolute atomic E-state index is 13.7. The highest BCUT2D eigenvalue weighted by molar-refractivity contribution is 6.06. The van der Waals surface area contributed by atoms with Crippen molar-refractivity contribution in [3.05, 3.63) is 41.5 Å². The predicted octanol–water partition coefficient (Wildman–Crippen LogP) is 1.18. The number of methoxy groups -OCH3 is 1. The van der Waals surface area contributed by atoms with Gasteiger partial charge in [0.05, 0.1) is 24.0 Å². The number of esters is 1. The average Bonchev–Trinajstić information content (AvgIpc) is 2.79. The van der Waals surface area contributed by atoms with Crippen LogP contribution in [0.15, 0.2) is 24.4 Å². The zero-order valence-corrected chi connectivity index (χ0v) is 11.4. The van der Waals surface area contributed by atoms with Crippen molar-refractivity contribution in [2.24, 2.45) is 7.05 Å². The Hall–Kier alpha value is -2.90. The van der Waals surface area contributed by atoms with E-state index >= 15 is 0 Å². The van der Waals surface area contributed by atoms with E-state index in [1.165, 1.54) is 30.1 Å². The summed E-state index contributed by atoms with van der Waals surface area (Å²) in [5.74, 6) is -2.00. The molecule has 2 rings (SSSR count). The molecule has 0 bridgehead atoms. The number of carbonyl (C=O) groups is 2. The molecule has 21 heavy (non-hydrogen) atoms. The lowest BCUT2D eigenvalue weighted by Gasteiger charge is -2.07. The van der Waals surface area contributed by atoms with Crippen LogP contribution in [-0.2, 0) is 11.8 Å². The van der Waals surface area contributed by atoms with E-state index in [9.17, 15) is 14.0 Å². The molecule has 0 aliphatic heterocycles. The Morgan fingerprint density at radius 1 is 1.43 bits per heavy atom. The molecule has 8 heteroatoms. The number of halogens is 1. The first-order valence-electron chi connectivity index (χ1n) is 5.90. The zero-order chi connectivity index (χ0) is 15.6. The maximum Gasteiger partial charge on any atom is 0.337 e. The first-order valence-corrected chi connectivity index (χ1v) is 5.90. The van der Waals surface area contributed by atoms with Crippen LogP contribution in [0, 0.1) is 5.82 Å². The summed E-state index contributed by atoms with van der Waals surface area (Å²) in [5, 5.41) is 6.20. The lowest BCUT2D eigenvalue weighted by atomic mass is 10.2. The Kier molecular flexibility index (Phi) is 3.88. The molecule has 0 atom stereocenters. The van der Waals surface area contributed by atoms with Crippen LogP contribution < -0.4 is 11.1 Å². The van der Waals surface area contributed by atoms with Crippen LogP contribution in [0.1, 0.15) is 20.8 Å². The number of carbonyl (C=O) groups excluding carboxylic acids is 2. The number of nitrogens with two attached hydrogens (primary N) is 1. The summed E-state index contributed by atoms with van der Waals surface area (Å²) in [4.78, 5) is 23.4. The second-order valence-corrected chi connectivity index (χ2v) is 4.25. The van der Waals surface area contributed by atoms with Gasteiger partial charge in [-0.25, -0.2) is 9.18 Å². The third-order valence-corrected chi connectivity index (χ3v) is 2.71. The summed E-state index contributed by atoms with van der Waals surface area (Å²) in [6.45, 7) is 0. The van der Waals surface area contributed by atoms with Crippen LogP contribution in [0.5, 0.6) is 0 Å². The van der Waals surface area contributed by atoms with Crippen molar-refractivity contribution in [1.29, 1.82) is 0 Å². The summed E-state index contributed by atoms with van der Waals surface area (Å²) >= 11 is 0. The Morgan fingerprint density at radius 3 is 2.71 bits per heavy atom. The van der Waals surface area contributed by atoms with Crippen molar-refractivity contribution in [2.45, 2.75) is 0 Å². The summed E-state index contributed by atoms with van der Waals surface area (Å²) in [6, 6.07) is 3.49. The third-order valence-electron chi connectivity index (χ3n) is 2.71. The highest BCUT2D eigenvalue weighted by Crippen LogP contribution is 2.19. The lowest BCUT2D eigenvalue weighted by molar-refractivity contribution is 0.0600. The fraction of sp³-hybridized carbons (Fsp3) is 0.154.